The van der Waals surface area contributed by atoms with Crippen molar-refractivity contribution in [2.24, 2.45) is 0 Å². The van der Waals surface area contributed by atoms with Crippen LogP contribution < -0.4 is 10.2 Å². The molecule has 2 aliphatic heterocycles. The molecule has 0 radical (unpaired) electrons. The molecule has 2 N–H and O–H groups in total. The first-order valence-electron chi connectivity index (χ1n) is 10.6. The van der Waals surface area contributed by atoms with E-state index in [1.165, 1.54) is 6.20 Å². The van der Waals surface area contributed by atoms with Gasteiger partial charge in [0.2, 0.25) is 11.9 Å². The van der Waals surface area contributed by atoms with Crippen molar-refractivity contribution in [3.8, 4) is 11.3 Å². The molecule has 2 aromatic rings. The van der Waals surface area contributed by atoms with E-state index < -0.39 is 5.82 Å². The molecule has 1 amide bonds. The van der Waals surface area contributed by atoms with E-state index in [1.807, 2.05) is 29.2 Å². The monoisotopic (exact) mass is 413 g/mol. The molecule has 3 heterocycles. The SMILES string of the molecule is CC(=O)N1CCC(Nc2ncc(F)c(-c3cccc(N4CCC[C@H](O)C4)c3)n2)CC1. The second kappa shape index (κ2) is 8.95. The predicted molar refractivity (Wildman–Crippen MR) is 114 cm³/mol. The Morgan fingerprint density at radius 1 is 1.23 bits per heavy atom. The molecule has 0 bridgehead atoms. The van der Waals surface area contributed by atoms with E-state index in [0.717, 1.165) is 37.9 Å². The van der Waals surface area contributed by atoms with Gasteiger partial charge in [0.25, 0.3) is 0 Å². The largest absolute Gasteiger partial charge is 0.391 e. The zero-order chi connectivity index (χ0) is 21.1. The quantitative estimate of drug-likeness (QED) is 0.802. The fourth-order valence-corrected chi connectivity index (χ4v) is 4.20. The summed E-state index contributed by atoms with van der Waals surface area (Å²) in [5, 5.41) is 13.2. The van der Waals surface area contributed by atoms with Gasteiger partial charge in [0, 0.05) is 50.4 Å². The lowest BCUT2D eigenvalue weighted by Gasteiger charge is -2.32. The maximum Gasteiger partial charge on any atom is 0.223 e. The van der Waals surface area contributed by atoms with Crippen LogP contribution in [0.4, 0.5) is 16.0 Å². The number of aliphatic hydroxyl groups is 1. The first-order valence-corrected chi connectivity index (χ1v) is 10.6. The Morgan fingerprint density at radius 2 is 2.03 bits per heavy atom. The zero-order valence-corrected chi connectivity index (χ0v) is 17.2. The van der Waals surface area contributed by atoms with Crippen LogP contribution in [0.25, 0.3) is 11.3 Å². The molecule has 4 rings (SSSR count). The van der Waals surface area contributed by atoms with E-state index in [1.54, 1.807) is 6.92 Å². The Kier molecular flexibility index (Phi) is 6.13. The molecule has 0 unspecified atom stereocenters. The van der Waals surface area contributed by atoms with Gasteiger partial charge in [0.1, 0.15) is 5.69 Å². The maximum atomic E-state index is 14.6. The molecule has 160 valence electrons. The third-order valence-electron chi connectivity index (χ3n) is 5.90. The molecule has 1 atom stereocenters. The molecule has 8 heteroatoms. The standard InChI is InChI=1S/C22H28FN5O2/c1-15(29)27-10-7-17(8-11-27)25-22-24-13-20(23)21(26-22)16-4-2-5-18(12-16)28-9-3-6-19(30)14-28/h2,4-5,12-13,17,19,30H,3,6-11,14H2,1H3,(H,24,25,26)/t19-/m0/s1. The van der Waals surface area contributed by atoms with E-state index in [4.69, 9.17) is 0 Å². The molecule has 30 heavy (non-hydrogen) atoms. The number of rotatable bonds is 4. The van der Waals surface area contributed by atoms with Crippen LogP contribution in [0.1, 0.15) is 32.6 Å². The number of benzene rings is 1. The van der Waals surface area contributed by atoms with Crippen LogP contribution >= 0.6 is 0 Å². The van der Waals surface area contributed by atoms with Crippen LogP contribution in [0.3, 0.4) is 0 Å². The highest BCUT2D eigenvalue weighted by Gasteiger charge is 2.22. The number of anilines is 2. The van der Waals surface area contributed by atoms with Crippen molar-refractivity contribution in [1.29, 1.82) is 0 Å². The zero-order valence-electron chi connectivity index (χ0n) is 17.2. The summed E-state index contributed by atoms with van der Waals surface area (Å²) in [5.74, 6) is 0.0177. The molecule has 0 aliphatic carbocycles. The number of β-amino-alcohol motifs (C(OH)–C–C–N with tert-alkyl or cyclic N) is 1. The Balaban J connectivity index is 1.50. The van der Waals surface area contributed by atoms with Crippen molar-refractivity contribution in [3.05, 3.63) is 36.3 Å². The molecular weight excluding hydrogens is 385 g/mol. The third-order valence-corrected chi connectivity index (χ3v) is 5.90. The topological polar surface area (TPSA) is 81.6 Å². The highest BCUT2D eigenvalue weighted by atomic mass is 19.1. The predicted octanol–water partition coefficient (Wildman–Crippen LogP) is 2.67. The minimum atomic E-state index is -0.470. The van der Waals surface area contributed by atoms with Gasteiger partial charge in [-0.05, 0) is 37.8 Å². The highest BCUT2D eigenvalue weighted by Crippen LogP contribution is 2.28. The van der Waals surface area contributed by atoms with E-state index >= 15 is 0 Å². The molecule has 2 fully saturated rings. The van der Waals surface area contributed by atoms with Crippen LogP contribution in [0.15, 0.2) is 30.5 Å². The summed E-state index contributed by atoms with van der Waals surface area (Å²) in [4.78, 5) is 24.0. The molecule has 1 aromatic carbocycles. The first-order chi connectivity index (χ1) is 14.5. The number of nitrogens with one attached hydrogen (secondary N) is 1. The number of likely N-dealkylation sites (tertiary alicyclic amines) is 1. The number of piperidine rings is 2. The first kappa shape index (κ1) is 20.5. The Morgan fingerprint density at radius 3 is 2.77 bits per heavy atom. The van der Waals surface area contributed by atoms with Gasteiger partial charge < -0.3 is 20.2 Å². The maximum absolute atomic E-state index is 14.6. The van der Waals surface area contributed by atoms with E-state index in [2.05, 4.69) is 20.2 Å². The number of carbonyl (C=O) groups excluding carboxylic acids is 1. The molecule has 2 aliphatic rings. The van der Waals surface area contributed by atoms with Gasteiger partial charge in [-0.25, -0.2) is 14.4 Å². The Bertz CT molecular complexity index is 901. The summed E-state index contributed by atoms with van der Waals surface area (Å²) in [6.07, 6.45) is 4.24. The summed E-state index contributed by atoms with van der Waals surface area (Å²) in [5.41, 5.74) is 1.89. The normalized spacial score (nSPS) is 20.3. The van der Waals surface area contributed by atoms with Gasteiger partial charge in [0.15, 0.2) is 5.82 Å². The minimum absolute atomic E-state index is 0.0925. The smallest absolute Gasteiger partial charge is 0.223 e. The fraction of sp³-hybridized carbons (Fsp3) is 0.500. The Hall–Kier alpha value is -2.74. The molecule has 7 nitrogen and oxygen atoms in total. The summed E-state index contributed by atoms with van der Waals surface area (Å²) < 4.78 is 14.6. The van der Waals surface area contributed by atoms with E-state index in [9.17, 15) is 14.3 Å². The molecule has 1 aromatic heterocycles. The van der Waals surface area contributed by atoms with Crippen LogP contribution in [0, 0.1) is 5.82 Å². The van der Waals surface area contributed by atoms with Gasteiger partial charge in [-0.1, -0.05) is 12.1 Å². The van der Waals surface area contributed by atoms with Crippen molar-refractivity contribution >= 4 is 17.5 Å². The van der Waals surface area contributed by atoms with Gasteiger partial charge in [-0.2, -0.15) is 0 Å². The van der Waals surface area contributed by atoms with E-state index in [-0.39, 0.29) is 23.7 Å². The minimum Gasteiger partial charge on any atom is -0.391 e. The van der Waals surface area contributed by atoms with Crippen molar-refractivity contribution in [1.82, 2.24) is 14.9 Å². The van der Waals surface area contributed by atoms with E-state index in [0.29, 0.717) is 31.1 Å². The highest BCUT2D eigenvalue weighted by molar-refractivity contribution is 5.73. The molecule has 2 saturated heterocycles. The fourth-order valence-electron chi connectivity index (χ4n) is 4.20. The number of amides is 1. The number of halogens is 1. The lowest BCUT2D eigenvalue weighted by Crippen LogP contribution is -2.41. The molecular formula is C22H28FN5O2. The van der Waals surface area contributed by atoms with Crippen molar-refractivity contribution in [2.45, 2.75) is 44.8 Å². The van der Waals surface area contributed by atoms with Crippen molar-refractivity contribution in [3.63, 3.8) is 0 Å². The Labute approximate surface area is 175 Å². The lowest BCUT2D eigenvalue weighted by atomic mass is 10.1. The van der Waals surface area contributed by atoms with Gasteiger partial charge >= 0.3 is 0 Å². The van der Waals surface area contributed by atoms with Gasteiger partial charge in [-0.15, -0.1) is 0 Å². The lowest BCUT2D eigenvalue weighted by molar-refractivity contribution is -0.129. The number of hydrogen-bond donors (Lipinski definition) is 2. The second-order valence-electron chi connectivity index (χ2n) is 8.11. The average molecular weight is 413 g/mol. The van der Waals surface area contributed by atoms with Crippen LogP contribution in [-0.4, -0.2) is 64.2 Å². The van der Waals surface area contributed by atoms with Crippen molar-refractivity contribution < 1.29 is 14.3 Å². The summed E-state index contributed by atoms with van der Waals surface area (Å²) in [6, 6.07) is 7.77. The van der Waals surface area contributed by atoms with Crippen molar-refractivity contribution in [2.75, 3.05) is 36.4 Å². The number of aromatic nitrogens is 2. The summed E-state index contributed by atoms with van der Waals surface area (Å²) in [6.45, 7) is 4.44. The van der Waals surface area contributed by atoms with Crippen LogP contribution in [0.5, 0.6) is 0 Å². The van der Waals surface area contributed by atoms with Crippen LogP contribution in [-0.2, 0) is 4.79 Å². The number of carbonyl (C=O) groups is 1. The molecule has 0 spiro atoms. The van der Waals surface area contributed by atoms with Crippen LogP contribution in [0.2, 0.25) is 0 Å². The number of hydrogen-bond acceptors (Lipinski definition) is 6. The van der Waals surface area contributed by atoms with Gasteiger partial charge in [-0.3, -0.25) is 4.79 Å². The number of aliphatic hydroxyl groups excluding tert-OH is 1. The average Bonchev–Trinajstić information content (AvgIpc) is 2.75. The second-order valence-corrected chi connectivity index (χ2v) is 8.11. The third kappa shape index (κ3) is 4.70. The molecule has 0 saturated carbocycles. The van der Waals surface area contributed by atoms with Gasteiger partial charge in [0.05, 0.1) is 12.3 Å². The number of nitrogens with zero attached hydrogens (tertiary/aromatic N) is 4. The summed E-state index contributed by atoms with van der Waals surface area (Å²) >= 11 is 0. The summed E-state index contributed by atoms with van der Waals surface area (Å²) in [7, 11) is 0.